The van der Waals surface area contributed by atoms with Crippen molar-refractivity contribution >= 4 is 23.1 Å². The van der Waals surface area contributed by atoms with Gasteiger partial charge >= 0.3 is 0 Å². The van der Waals surface area contributed by atoms with Crippen molar-refractivity contribution in [1.29, 1.82) is 0 Å². The SMILES string of the molecule is CCN(CC(C)C(N)=S)C(=O)C1CCCOC1. The molecule has 98 valence electrons. The van der Waals surface area contributed by atoms with Crippen molar-refractivity contribution < 1.29 is 9.53 Å². The molecule has 1 rings (SSSR count). The zero-order valence-electron chi connectivity index (χ0n) is 10.6. The van der Waals surface area contributed by atoms with E-state index in [-0.39, 0.29) is 17.7 Å². The lowest BCUT2D eigenvalue weighted by molar-refractivity contribution is -0.139. The smallest absolute Gasteiger partial charge is 0.228 e. The first-order chi connectivity index (χ1) is 8.06. The van der Waals surface area contributed by atoms with E-state index in [1.807, 2.05) is 18.7 Å². The zero-order chi connectivity index (χ0) is 12.8. The highest BCUT2D eigenvalue weighted by Gasteiger charge is 2.26. The van der Waals surface area contributed by atoms with Crippen molar-refractivity contribution in [2.75, 3.05) is 26.3 Å². The summed E-state index contributed by atoms with van der Waals surface area (Å²) in [5.41, 5.74) is 5.59. The monoisotopic (exact) mass is 258 g/mol. The highest BCUT2D eigenvalue weighted by molar-refractivity contribution is 7.80. The highest BCUT2D eigenvalue weighted by Crippen LogP contribution is 2.17. The summed E-state index contributed by atoms with van der Waals surface area (Å²) in [5, 5.41) is 0. The molecule has 2 atom stereocenters. The predicted molar refractivity (Wildman–Crippen MR) is 71.7 cm³/mol. The number of nitrogens with zero attached hydrogens (tertiary/aromatic N) is 1. The molecular formula is C12H22N2O2S. The van der Waals surface area contributed by atoms with Gasteiger partial charge in [0.25, 0.3) is 0 Å². The summed E-state index contributed by atoms with van der Waals surface area (Å²) in [5.74, 6) is 0.260. The molecule has 1 fully saturated rings. The second-order valence-corrected chi connectivity index (χ2v) is 5.07. The van der Waals surface area contributed by atoms with E-state index in [2.05, 4.69) is 0 Å². The molecule has 1 aliphatic rings. The topological polar surface area (TPSA) is 55.6 Å². The molecule has 0 spiro atoms. The van der Waals surface area contributed by atoms with Crippen molar-refractivity contribution in [3.05, 3.63) is 0 Å². The van der Waals surface area contributed by atoms with Gasteiger partial charge in [0.05, 0.1) is 17.5 Å². The van der Waals surface area contributed by atoms with Crippen LogP contribution in [0, 0.1) is 11.8 Å². The summed E-state index contributed by atoms with van der Waals surface area (Å²) < 4.78 is 5.35. The third-order valence-corrected chi connectivity index (χ3v) is 3.59. The summed E-state index contributed by atoms with van der Waals surface area (Å²) in [6.45, 7) is 6.57. The number of carbonyl (C=O) groups is 1. The van der Waals surface area contributed by atoms with Crippen LogP contribution in [0.5, 0.6) is 0 Å². The van der Waals surface area contributed by atoms with Crippen molar-refractivity contribution in [3.8, 4) is 0 Å². The molecule has 0 aliphatic carbocycles. The molecule has 0 saturated carbocycles. The summed E-state index contributed by atoms with van der Waals surface area (Å²) in [7, 11) is 0. The van der Waals surface area contributed by atoms with Gasteiger partial charge in [0.15, 0.2) is 0 Å². The zero-order valence-corrected chi connectivity index (χ0v) is 11.5. The van der Waals surface area contributed by atoms with Crippen LogP contribution in [0.2, 0.25) is 0 Å². The summed E-state index contributed by atoms with van der Waals surface area (Å²) in [6, 6.07) is 0. The lowest BCUT2D eigenvalue weighted by Crippen LogP contribution is -2.43. The minimum absolute atomic E-state index is 0.0160. The van der Waals surface area contributed by atoms with Crippen LogP contribution in [-0.4, -0.2) is 42.1 Å². The second-order valence-electron chi connectivity index (χ2n) is 4.59. The average molecular weight is 258 g/mol. The Morgan fingerprint density at radius 3 is 2.82 bits per heavy atom. The van der Waals surface area contributed by atoms with E-state index in [1.165, 1.54) is 0 Å². The van der Waals surface area contributed by atoms with Crippen molar-refractivity contribution in [2.45, 2.75) is 26.7 Å². The van der Waals surface area contributed by atoms with Crippen LogP contribution in [0.3, 0.4) is 0 Å². The van der Waals surface area contributed by atoms with Gasteiger partial charge < -0.3 is 15.4 Å². The summed E-state index contributed by atoms with van der Waals surface area (Å²) >= 11 is 4.94. The molecule has 17 heavy (non-hydrogen) atoms. The van der Waals surface area contributed by atoms with Crippen molar-refractivity contribution in [3.63, 3.8) is 0 Å². The number of thiocarbonyl (C=S) groups is 1. The fourth-order valence-corrected chi connectivity index (χ4v) is 2.06. The number of carbonyl (C=O) groups excluding carboxylic acids is 1. The maximum Gasteiger partial charge on any atom is 0.228 e. The van der Waals surface area contributed by atoms with Crippen molar-refractivity contribution in [1.82, 2.24) is 4.90 Å². The first kappa shape index (κ1) is 14.4. The van der Waals surface area contributed by atoms with Crippen LogP contribution in [0.1, 0.15) is 26.7 Å². The number of hydrogen-bond donors (Lipinski definition) is 1. The fraction of sp³-hybridized carbons (Fsp3) is 0.833. The summed E-state index contributed by atoms with van der Waals surface area (Å²) in [6.07, 6.45) is 1.90. The lowest BCUT2D eigenvalue weighted by atomic mass is 10.00. The van der Waals surface area contributed by atoms with Crippen LogP contribution in [0.25, 0.3) is 0 Å². The molecule has 1 amide bonds. The quantitative estimate of drug-likeness (QED) is 0.753. The highest BCUT2D eigenvalue weighted by atomic mass is 32.1. The number of hydrogen-bond acceptors (Lipinski definition) is 3. The van der Waals surface area contributed by atoms with Crippen LogP contribution < -0.4 is 5.73 Å². The van der Waals surface area contributed by atoms with E-state index in [1.54, 1.807) is 0 Å². The molecule has 2 N–H and O–H groups in total. The van der Waals surface area contributed by atoms with E-state index < -0.39 is 0 Å². The Bertz CT molecular complexity index is 278. The van der Waals surface area contributed by atoms with Crippen LogP contribution >= 0.6 is 12.2 Å². The minimum Gasteiger partial charge on any atom is -0.393 e. The third-order valence-electron chi connectivity index (χ3n) is 3.18. The number of amides is 1. The number of rotatable bonds is 5. The molecule has 1 aliphatic heterocycles. The lowest BCUT2D eigenvalue weighted by Gasteiger charge is -2.30. The fourth-order valence-electron chi connectivity index (χ4n) is 1.99. The van der Waals surface area contributed by atoms with Crippen LogP contribution in [-0.2, 0) is 9.53 Å². The molecule has 0 radical (unpaired) electrons. The molecule has 1 heterocycles. The van der Waals surface area contributed by atoms with Gasteiger partial charge in [0, 0.05) is 25.6 Å². The first-order valence-corrected chi connectivity index (χ1v) is 6.63. The van der Waals surface area contributed by atoms with Gasteiger partial charge in [0.2, 0.25) is 5.91 Å². The largest absolute Gasteiger partial charge is 0.393 e. The minimum atomic E-state index is 0.0160. The van der Waals surface area contributed by atoms with E-state index >= 15 is 0 Å². The molecule has 5 heteroatoms. The van der Waals surface area contributed by atoms with Gasteiger partial charge in [-0.15, -0.1) is 0 Å². The third kappa shape index (κ3) is 4.24. The maximum atomic E-state index is 12.2. The maximum absolute atomic E-state index is 12.2. The second kappa shape index (κ2) is 6.91. The van der Waals surface area contributed by atoms with Gasteiger partial charge in [-0.1, -0.05) is 19.1 Å². The molecule has 4 nitrogen and oxygen atoms in total. The number of nitrogens with two attached hydrogens (primary N) is 1. The van der Waals surface area contributed by atoms with Crippen LogP contribution in [0.4, 0.5) is 0 Å². The Balaban J connectivity index is 2.53. The Hall–Kier alpha value is -0.680. The normalized spacial score (nSPS) is 21.9. The van der Waals surface area contributed by atoms with Crippen molar-refractivity contribution in [2.24, 2.45) is 17.6 Å². The summed E-state index contributed by atoms with van der Waals surface area (Å²) in [4.78, 5) is 14.6. The van der Waals surface area contributed by atoms with Gasteiger partial charge in [-0.2, -0.15) is 0 Å². The standard InChI is InChI=1S/C12H22N2O2S/c1-3-14(7-9(2)11(13)17)12(15)10-5-4-6-16-8-10/h9-10H,3-8H2,1-2H3,(H2,13,17). The average Bonchev–Trinajstić information content (AvgIpc) is 2.35. The van der Waals surface area contributed by atoms with Gasteiger partial charge in [-0.3, -0.25) is 4.79 Å². The first-order valence-electron chi connectivity index (χ1n) is 6.22. The van der Waals surface area contributed by atoms with Gasteiger partial charge in [0.1, 0.15) is 0 Å². The number of ether oxygens (including phenoxy) is 1. The van der Waals surface area contributed by atoms with Gasteiger partial charge in [-0.25, -0.2) is 0 Å². The Morgan fingerprint density at radius 1 is 1.65 bits per heavy atom. The molecule has 0 bridgehead atoms. The molecule has 0 aromatic rings. The van der Waals surface area contributed by atoms with E-state index in [0.717, 1.165) is 19.4 Å². The molecular weight excluding hydrogens is 236 g/mol. The molecule has 1 saturated heterocycles. The Morgan fingerprint density at radius 2 is 2.35 bits per heavy atom. The molecule has 0 aromatic heterocycles. The molecule has 0 aromatic carbocycles. The van der Waals surface area contributed by atoms with E-state index in [9.17, 15) is 4.79 Å². The van der Waals surface area contributed by atoms with E-state index in [4.69, 9.17) is 22.7 Å². The Labute approximate surface area is 108 Å². The van der Waals surface area contributed by atoms with Crippen LogP contribution in [0.15, 0.2) is 0 Å². The van der Waals surface area contributed by atoms with Gasteiger partial charge in [-0.05, 0) is 19.8 Å². The van der Waals surface area contributed by atoms with E-state index in [0.29, 0.717) is 24.7 Å². The predicted octanol–water partition coefficient (Wildman–Crippen LogP) is 1.18. The molecule has 2 unspecified atom stereocenters. The Kier molecular flexibility index (Phi) is 5.85.